The molecule has 2 aliphatic rings. The van der Waals surface area contributed by atoms with Crippen LogP contribution in [-0.4, -0.2) is 59.3 Å². The SMILES string of the molecule is O=C(N[C@@H](CCN1CC2CN(C(=O)c3c(F)cccc3Cl)CC2C1)c1ccccc1)c1ccc[nH]1. The largest absolute Gasteiger partial charge is 0.357 e. The molecule has 2 amide bonds. The average Bonchev–Trinajstić information content (AvgIpc) is 3.59. The summed E-state index contributed by atoms with van der Waals surface area (Å²) in [5.74, 6) is -0.316. The summed E-state index contributed by atoms with van der Waals surface area (Å²) in [6.07, 6.45) is 2.52. The minimum absolute atomic E-state index is 0.0329. The molecule has 2 aromatic carbocycles. The molecule has 6 nitrogen and oxygen atoms in total. The molecule has 3 atom stereocenters. The Kier molecular flexibility index (Phi) is 6.88. The summed E-state index contributed by atoms with van der Waals surface area (Å²) in [6, 6.07) is 17.8. The van der Waals surface area contributed by atoms with Gasteiger partial charge >= 0.3 is 0 Å². The van der Waals surface area contributed by atoms with Crippen LogP contribution in [-0.2, 0) is 0 Å². The van der Waals surface area contributed by atoms with E-state index in [0.717, 1.165) is 31.6 Å². The highest BCUT2D eigenvalue weighted by molar-refractivity contribution is 6.33. The molecule has 2 unspecified atom stereocenters. The lowest BCUT2D eigenvalue weighted by molar-refractivity contribution is 0.0769. The van der Waals surface area contributed by atoms with Crippen LogP contribution in [0.1, 0.15) is 38.9 Å². The van der Waals surface area contributed by atoms with Gasteiger partial charge in [-0.3, -0.25) is 9.59 Å². The van der Waals surface area contributed by atoms with Crippen molar-refractivity contribution < 1.29 is 14.0 Å². The second kappa shape index (κ2) is 10.2. The summed E-state index contributed by atoms with van der Waals surface area (Å²) in [5, 5.41) is 3.32. The molecule has 2 fully saturated rings. The van der Waals surface area contributed by atoms with Crippen LogP contribution < -0.4 is 5.32 Å². The van der Waals surface area contributed by atoms with Gasteiger partial charge < -0.3 is 20.1 Å². The van der Waals surface area contributed by atoms with Gasteiger partial charge in [0.25, 0.3) is 11.8 Å². The van der Waals surface area contributed by atoms with Crippen LogP contribution in [0, 0.1) is 17.7 Å². The maximum absolute atomic E-state index is 14.2. The normalized spacial score (nSPS) is 20.6. The standard InChI is InChI=1S/C27H28ClFN4O2/c28-21-8-4-9-22(29)25(21)27(35)33-16-19-14-32(15-20(19)17-33)13-11-23(18-6-2-1-3-7-18)31-26(34)24-10-5-12-30-24/h1-10,12,19-20,23,30H,11,13-17H2,(H,31,34)/t19?,20?,23-/m0/s1. The van der Waals surface area contributed by atoms with Crippen molar-refractivity contribution in [2.45, 2.75) is 12.5 Å². The highest BCUT2D eigenvalue weighted by Gasteiger charge is 2.42. The molecule has 0 saturated carbocycles. The molecule has 5 rings (SSSR count). The first-order valence-electron chi connectivity index (χ1n) is 11.9. The Labute approximate surface area is 209 Å². The minimum Gasteiger partial charge on any atom is -0.357 e. The van der Waals surface area contributed by atoms with Crippen molar-refractivity contribution in [1.82, 2.24) is 20.1 Å². The van der Waals surface area contributed by atoms with Crippen molar-refractivity contribution in [1.29, 1.82) is 0 Å². The van der Waals surface area contributed by atoms with Crippen molar-refractivity contribution in [3.8, 4) is 0 Å². The van der Waals surface area contributed by atoms with Crippen LogP contribution >= 0.6 is 11.6 Å². The zero-order valence-corrected chi connectivity index (χ0v) is 20.0. The summed E-state index contributed by atoms with van der Waals surface area (Å²) < 4.78 is 14.2. The van der Waals surface area contributed by atoms with E-state index in [1.165, 1.54) is 12.1 Å². The topological polar surface area (TPSA) is 68.4 Å². The van der Waals surface area contributed by atoms with Gasteiger partial charge in [-0.25, -0.2) is 4.39 Å². The Morgan fingerprint density at radius 2 is 1.74 bits per heavy atom. The predicted molar refractivity (Wildman–Crippen MR) is 133 cm³/mol. The lowest BCUT2D eigenvalue weighted by Crippen LogP contribution is -2.35. The molecule has 0 bridgehead atoms. The first kappa shape index (κ1) is 23.6. The van der Waals surface area contributed by atoms with Crippen LogP contribution in [0.5, 0.6) is 0 Å². The number of nitrogens with one attached hydrogen (secondary N) is 2. The maximum atomic E-state index is 14.2. The van der Waals surface area contributed by atoms with E-state index in [9.17, 15) is 14.0 Å². The van der Waals surface area contributed by atoms with Crippen molar-refractivity contribution in [3.63, 3.8) is 0 Å². The fourth-order valence-electron chi connectivity index (χ4n) is 5.33. The molecule has 0 aliphatic carbocycles. The van der Waals surface area contributed by atoms with E-state index in [4.69, 9.17) is 11.6 Å². The second-order valence-electron chi connectivity index (χ2n) is 9.40. The van der Waals surface area contributed by atoms with E-state index in [2.05, 4.69) is 15.2 Å². The number of nitrogens with zero attached hydrogens (tertiary/aromatic N) is 2. The number of H-pyrrole nitrogens is 1. The van der Waals surface area contributed by atoms with E-state index in [0.29, 0.717) is 30.6 Å². The molecule has 3 heterocycles. The van der Waals surface area contributed by atoms with E-state index in [1.807, 2.05) is 36.4 Å². The lowest BCUT2D eigenvalue weighted by Gasteiger charge is -2.25. The number of likely N-dealkylation sites (tertiary alicyclic amines) is 2. The lowest BCUT2D eigenvalue weighted by atomic mass is 10.0. The number of hydrogen-bond acceptors (Lipinski definition) is 3. The van der Waals surface area contributed by atoms with Gasteiger partial charge in [0.2, 0.25) is 0 Å². The third-order valence-corrected chi connectivity index (χ3v) is 7.42. The van der Waals surface area contributed by atoms with E-state index in [-0.39, 0.29) is 28.4 Å². The molecule has 2 saturated heterocycles. The zero-order chi connectivity index (χ0) is 24.4. The van der Waals surface area contributed by atoms with Gasteiger partial charge in [0.05, 0.1) is 16.6 Å². The monoisotopic (exact) mass is 494 g/mol. The Bertz CT molecular complexity index is 1150. The third-order valence-electron chi connectivity index (χ3n) is 7.11. The second-order valence-corrected chi connectivity index (χ2v) is 9.80. The number of aromatic nitrogens is 1. The molecule has 35 heavy (non-hydrogen) atoms. The van der Waals surface area contributed by atoms with Gasteiger partial charge in [0, 0.05) is 38.9 Å². The summed E-state index contributed by atoms with van der Waals surface area (Å²) in [5.41, 5.74) is 1.58. The van der Waals surface area contributed by atoms with E-state index >= 15 is 0 Å². The number of halogens is 2. The van der Waals surface area contributed by atoms with Crippen LogP contribution in [0.3, 0.4) is 0 Å². The Morgan fingerprint density at radius 1 is 1.00 bits per heavy atom. The number of hydrogen-bond donors (Lipinski definition) is 2. The summed E-state index contributed by atoms with van der Waals surface area (Å²) in [7, 11) is 0. The fraction of sp³-hybridized carbons (Fsp3) is 0.333. The number of amides is 2. The molecule has 2 N–H and O–H groups in total. The van der Waals surface area contributed by atoms with Gasteiger partial charge in [-0.15, -0.1) is 0 Å². The van der Waals surface area contributed by atoms with Gasteiger partial charge in [0.15, 0.2) is 0 Å². The van der Waals surface area contributed by atoms with Gasteiger partial charge in [-0.1, -0.05) is 48.0 Å². The Morgan fingerprint density at radius 3 is 2.40 bits per heavy atom. The molecule has 8 heteroatoms. The summed E-state index contributed by atoms with van der Waals surface area (Å²) >= 11 is 6.11. The molecule has 0 radical (unpaired) electrons. The predicted octanol–water partition coefficient (Wildman–Crippen LogP) is 4.37. The Balaban J connectivity index is 1.18. The minimum atomic E-state index is -0.575. The van der Waals surface area contributed by atoms with Gasteiger partial charge in [-0.2, -0.15) is 0 Å². The quantitative estimate of drug-likeness (QED) is 0.512. The summed E-state index contributed by atoms with van der Waals surface area (Å²) in [4.78, 5) is 32.7. The number of fused-ring (bicyclic) bond motifs is 1. The van der Waals surface area contributed by atoms with E-state index < -0.39 is 5.82 Å². The highest BCUT2D eigenvalue weighted by atomic mass is 35.5. The smallest absolute Gasteiger partial charge is 0.268 e. The molecule has 2 aliphatic heterocycles. The van der Waals surface area contributed by atoms with Crippen molar-refractivity contribution >= 4 is 23.4 Å². The highest BCUT2D eigenvalue weighted by Crippen LogP contribution is 2.33. The first-order valence-corrected chi connectivity index (χ1v) is 12.3. The molecule has 3 aromatic rings. The van der Waals surface area contributed by atoms with Gasteiger partial charge in [-0.05, 0) is 48.1 Å². The maximum Gasteiger partial charge on any atom is 0.268 e. The van der Waals surface area contributed by atoms with Crippen LogP contribution in [0.2, 0.25) is 5.02 Å². The van der Waals surface area contributed by atoms with Crippen molar-refractivity contribution in [3.05, 3.63) is 94.5 Å². The number of carbonyl (C=O) groups is 2. The molecule has 0 spiro atoms. The van der Waals surface area contributed by atoms with Gasteiger partial charge in [0.1, 0.15) is 11.5 Å². The average molecular weight is 495 g/mol. The molecular weight excluding hydrogens is 467 g/mol. The van der Waals surface area contributed by atoms with Crippen LogP contribution in [0.25, 0.3) is 0 Å². The Hall–Kier alpha value is -3.16. The molecule has 182 valence electrons. The number of benzene rings is 2. The van der Waals surface area contributed by atoms with Crippen LogP contribution in [0.15, 0.2) is 66.9 Å². The van der Waals surface area contributed by atoms with Crippen molar-refractivity contribution in [2.24, 2.45) is 11.8 Å². The summed E-state index contributed by atoms with van der Waals surface area (Å²) in [6.45, 7) is 3.81. The number of rotatable bonds is 7. The number of carbonyl (C=O) groups excluding carboxylic acids is 2. The van der Waals surface area contributed by atoms with Crippen LogP contribution in [0.4, 0.5) is 4.39 Å². The zero-order valence-electron chi connectivity index (χ0n) is 19.3. The van der Waals surface area contributed by atoms with E-state index in [1.54, 1.807) is 23.2 Å². The van der Waals surface area contributed by atoms with Crippen molar-refractivity contribution in [2.75, 3.05) is 32.7 Å². The number of aromatic amines is 1. The molecular formula is C27H28ClFN4O2. The molecule has 1 aromatic heterocycles. The first-order chi connectivity index (χ1) is 17.0. The fourth-order valence-corrected chi connectivity index (χ4v) is 5.57. The third kappa shape index (κ3) is 5.11.